The van der Waals surface area contributed by atoms with E-state index in [2.05, 4.69) is 34.8 Å². The molecule has 1 aromatic heterocycles. The fraction of sp³-hybridized carbons (Fsp3) is 0.667. The first-order valence-electron chi connectivity index (χ1n) is 7.31. The van der Waals surface area contributed by atoms with Gasteiger partial charge in [-0.25, -0.2) is 0 Å². The molecule has 2 aliphatic heterocycles. The molecule has 2 fully saturated rings. The minimum Gasteiger partial charge on any atom is -0.370 e. The summed E-state index contributed by atoms with van der Waals surface area (Å²) in [6.07, 6.45) is 5.91. The Bertz CT molecular complexity index is 459. The van der Waals surface area contributed by atoms with Crippen molar-refractivity contribution in [3.8, 4) is 0 Å². The van der Waals surface area contributed by atoms with E-state index in [9.17, 15) is 0 Å². The van der Waals surface area contributed by atoms with E-state index in [-0.39, 0.29) is 0 Å². The van der Waals surface area contributed by atoms with Crippen molar-refractivity contribution >= 4 is 5.69 Å². The van der Waals surface area contributed by atoms with Crippen LogP contribution in [-0.4, -0.2) is 42.1 Å². The smallest absolute Gasteiger partial charge is 0.0446 e. The van der Waals surface area contributed by atoms with Gasteiger partial charge in [-0.1, -0.05) is 0 Å². The predicted molar refractivity (Wildman–Crippen MR) is 78.3 cm³/mol. The van der Waals surface area contributed by atoms with Crippen LogP contribution in [0.3, 0.4) is 0 Å². The molecule has 0 spiro atoms. The second-order valence-electron chi connectivity index (χ2n) is 5.94. The molecule has 2 atom stereocenters. The van der Waals surface area contributed by atoms with Crippen LogP contribution in [0, 0.1) is 6.92 Å². The largest absolute Gasteiger partial charge is 0.370 e. The van der Waals surface area contributed by atoms with Gasteiger partial charge in [-0.3, -0.25) is 9.88 Å². The van der Waals surface area contributed by atoms with Crippen molar-refractivity contribution in [1.82, 2.24) is 9.88 Å². The molecule has 2 unspecified atom stereocenters. The molecule has 2 saturated heterocycles. The van der Waals surface area contributed by atoms with E-state index in [0.29, 0.717) is 12.6 Å². The SMILES string of the molecule is Cc1cc(N2CCC3CCC(C2)N3C)c(CN)cn1. The quantitative estimate of drug-likeness (QED) is 0.876. The molecule has 0 radical (unpaired) electrons. The van der Waals surface area contributed by atoms with Gasteiger partial charge in [0.1, 0.15) is 0 Å². The summed E-state index contributed by atoms with van der Waals surface area (Å²) in [7, 11) is 2.29. The number of pyridine rings is 1. The number of fused-ring (bicyclic) bond motifs is 2. The summed E-state index contributed by atoms with van der Waals surface area (Å²) >= 11 is 0. The molecule has 2 bridgehead atoms. The summed E-state index contributed by atoms with van der Waals surface area (Å²) < 4.78 is 0. The minimum absolute atomic E-state index is 0.572. The highest BCUT2D eigenvalue weighted by Gasteiger charge is 2.35. The highest BCUT2D eigenvalue weighted by molar-refractivity contribution is 5.54. The van der Waals surface area contributed by atoms with E-state index >= 15 is 0 Å². The van der Waals surface area contributed by atoms with Crippen molar-refractivity contribution in [2.75, 3.05) is 25.0 Å². The number of hydrogen-bond donors (Lipinski definition) is 1. The number of rotatable bonds is 2. The Morgan fingerprint density at radius 3 is 2.89 bits per heavy atom. The first-order valence-corrected chi connectivity index (χ1v) is 7.31. The van der Waals surface area contributed by atoms with E-state index in [1.165, 1.54) is 30.5 Å². The molecule has 1 aromatic rings. The first kappa shape index (κ1) is 12.9. The van der Waals surface area contributed by atoms with Crippen LogP contribution in [0.4, 0.5) is 5.69 Å². The Hall–Kier alpha value is -1.13. The molecule has 3 heterocycles. The fourth-order valence-electron chi connectivity index (χ4n) is 3.55. The maximum absolute atomic E-state index is 5.87. The first-order chi connectivity index (χ1) is 9.19. The third kappa shape index (κ3) is 2.35. The number of aryl methyl sites for hydroxylation is 1. The summed E-state index contributed by atoms with van der Waals surface area (Å²) in [5.74, 6) is 0. The van der Waals surface area contributed by atoms with Crippen LogP contribution in [-0.2, 0) is 6.54 Å². The lowest BCUT2D eigenvalue weighted by Crippen LogP contribution is -2.37. The minimum atomic E-state index is 0.572. The lowest BCUT2D eigenvalue weighted by Gasteiger charge is -2.29. The van der Waals surface area contributed by atoms with Crippen LogP contribution < -0.4 is 10.6 Å². The molecule has 0 aliphatic carbocycles. The molecule has 4 heteroatoms. The average Bonchev–Trinajstić information content (AvgIpc) is 2.63. The van der Waals surface area contributed by atoms with E-state index in [4.69, 9.17) is 5.73 Å². The summed E-state index contributed by atoms with van der Waals surface area (Å²) in [5.41, 5.74) is 9.43. The van der Waals surface area contributed by atoms with Gasteiger partial charge >= 0.3 is 0 Å². The molecule has 2 aliphatic rings. The van der Waals surface area contributed by atoms with Gasteiger partial charge in [0.2, 0.25) is 0 Å². The fourth-order valence-corrected chi connectivity index (χ4v) is 3.55. The summed E-state index contributed by atoms with van der Waals surface area (Å²) in [6, 6.07) is 3.67. The molecule has 4 nitrogen and oxygen atoms in total. The van der Waals surface area contributed by atoms with Crippen molar-refractivity contribution in [3.05, 3.63) is 23.5 Å². The van der Waals surface area contributed by atoms with Crippen molar-refractivity contribution in [3.63, 3.8) is 0 Å². The maximum atomic E-state index is 5.87. The zero-order valence-corrected chi connectivity index (χ0v) is 12.0. The Kier molecular flexibility index (Phi) is 3.46. The van der Waals surface area contributed by atoms with Gasteiger partial charge < -0.3 is 10.6 Å². The normalized spacial score (nSPS) is 27.6. The highest BCUT2D eigenvalue weighted by Crippen LogP contribution is 2.31. The van der Waals surface area contributed by atoms with E-state index < -0.39 is 0 Å². The van der Waals surface area contributed by atoms with Crippen LogP contribution in [0.1, 0.15) is 30.5 Å². The summed E-state index contributed by atoms with van der Waals surface area (Å²) in [5, 5.41) is 0. The molecule has 19 heavy (non-hydrogen) atoms. The highest BCUT2D eigenvalue weighted by atomic mass is 15.3. The van der Waals surface area contributed by atoms with Gasteiger partial charge in [0.25, 0.3) is 0 Å². The third-order valence-corrected chi connectivity index (χ3v) is 4.81. The average molecular weight is 260 g/mol. The lowest BCUT2D eigenvalue weighted by molar-refractivity contribution is 0.254. The number of aromatic nitrogens is 1. The van der Waals surface area contributed by atoms with Crippen molar-refractivity contribution in [1.29, 1.82) is 0 Å². The number of nitrogens with two attached hydrogens (primary N) is 1. The van der Waals surface area contributed by atoms with Gasteiger partial charge in [-0.2, -0.15) is 0 Å². The van der Waals surface area contributed by atoms with E-state index in [1.54, 1.807) is 0 Å². The van der Waals surface area contributed by atoms with Gasteiger partial charge in [0.15, 0.2) is 0 Å². The molecule has 3 rings (SSSR count). The standard InChI is InChI=1S/C15H24N4/c1-11-7-15(12(8-16)9-17-11)19-6-5-13-3-4-14(10-19)18(13)2/h7,9,13-14H,3-6,8,10,16H2,1-2H3. The van der Waals surface area contributed by atoms with Gasteiger partial charge in [-0.15, -0.1) is 0 Å². The van der Waals surface area contributed by atoms with E-state index in [0.717, 1.165) is 24.8 Å². The Morgan fingerprint density at radius 1 is 1.32 bits per heavy atom. The summed E-state index contributed by atoms with van der Waals surface area (Å²) in [6.45, 7) is 4.90. The lowest BCUT2D eigenvalue weighted by atomic mass is 10.1. The zero-order valence-electron chi connectivity index (χ0n) is 12.0. The van der Waals surface area contributed by atoms with Gasteiger partial charge in [0, 0.05) is 54.9 Å². The Morgan fingerprint density at radius 2 is 2.11 bits per heavy atom. The molecular formula is C15H24N4. The van der Waals surface area contributed by atoms with Crippen LogP contribution in [0.2, 0.25) is 0 Å². The third-order valence-electron chi connectivity index (χ3n) is 4.81. The number of anilines is 1. The molecule has 0 saturated carbocycles. The second kappa shape index (κ2) is 5.10. The van der Waals surface area contributed by atoms with E-state index in [1.807, 2.05) is 6.20 Å². The summed E-state index contributed by atoms with van der Waals surface area (Å²) in [4.78, 5) is 9.48. The van der Waals surface area contributed by atoms with Crippen LogP contribution in [0.5, 0.6) is 0 Å². The van der Waals surface area contributed by atoms with Gasteiger partial charge in [-0.05, 0) is 39.3 Å². The van der Waals surface area contributed by atoms with Crippen molar-refractivity contribution in [2.24, 2.45) is 5.73 Å². The van der Waals surface area contributed by atoms with Crippen molar-refractivity contribution in [2.45, 2.75) is 44.8 Å². The maximum Gasteiger partial charge on any atom is 0.0446 e. The topological polar surface area (TPSA) is 45.4 Å². The number of likely N-dealkylation sites (N-methyl/N-ethyl adjacent to an activating group) is 1. The van der Waals surface area contributed by atoms with Crippen molar-refractivity contribution < 1.29 is 0 Å². The zero-order chi connectivity index (χ0) is 13.4. The Labute approximate surface area is 115 Å². The monoisotopic (exact) mass is 260 g/mol. The molecule has 2 N–H and O–H groups in total. The molecular weight excluding hydrogens is 236 g/mol. The number of nitrogens with zero attached hydrogens (tertiary/aromatic N) is 3. The Balaban J connectivity index is 1.88. The van der Waals surface area contributed by atoms with Crippen LogP contribution >= 0.6 is 0 Å². The molecule has 104 valence electrons. The van der Waals surface area contributed by atoms with Crippen LogP contribution in [0.25, 0.3) is 0 Å². The number of hydrogen-bond acceptors (Lipinski definition) is 4. The molecule has 0 aromatic carbocycles. The van der Waals surface area contributed by atoms with Gasteiger partial charge in [0.05, 0.1) is 0 Å². The van der Waals surface area contributed by atoms with Crippen LogP contribution in [0.15, 0.2) is 12.3 Å². The molecule has 0 amide bonds. The second-order valence-corrected chi connectivity index (χ2v) is 5.94. The predicted octanol–water partition coefficient (Wildman–Crippen LogP) is 1.52.